The fraction of sp³-hybridized carbons (Fsp3) is 0.440. The number of alkyl halides is 6. The zero-order valence-corrected chi connectivity index (χ0v) is 20.9. The van der Waals surface area contributed by atoms with Gasteiger partial charge in [-0.15, -0.1) is 0 Å². The highest BCUT2D eigenvalue weighted by Crippen LogP contribution is 2.41. The Bertz CT molecular complexity index is 1510. The van der Waals surface area contributed by atoms with E-state index in [4.69, 9.17) is 5.73 Å². The molecule has 0 bridgehead atoms. The van der Waals surface area contributed by atoms with Crippen molar-refractivity contribution in [3.05, 3.63) is 47.0 Å². The van der Waals surface area contributed by atoms with Crippen molar-refractivity contribution in [2.45, 2.75) is 50.5 Å². The second kappa shape index (κ2) is 9.63. The number of benzene rings is 1. The van der Waals surface area contributed by atoms with E-state index in [1.165, 1.54) is 6.92 Å². The maximum absolute atomic E-state index is 14.9. The Morgan fingerprint density at radius 1 is 1.18 bits per heavy atom. The van der Waals surface area contributed by atoms with Gasteiger partial charge in [0.15, 0.2) is 5.82 Å². The molecule has 8 nitrogen and oxygen atoms in total. The predicted octanol–water partition coefficient (Wildman–Crippen LogP) is 4.16. The number of halogens is 7. The lowest BCUT2D eigenvalue weighted by atomic mass is 10.0. The largest absolute Gasteiger partial charge is 0.418 e. The molecule has 2 aromatic heterocycles. The van der Waals surface area contributed by atoms with E-state index in [2.05, 4.69) is 15.4 Å². The maximum atomic E-state index is 14.9. The summed E-state index contributed by atoms with van der Waals surface area (Å²) in [5, 5.41) is 6.17. The van der Waals surface area contributed by atoms with Gasteiger partial charge in [-0.25, -0.2) is 27.1 Å². The molecule has 0 radical (unpaired) electrons. The van der Waals surface area contributed by atoms with E-state index in [-0.39, 0.29) is 29.8 Å². The third-order valence-corrected chi connectivity index (χ3v) is 7.35. The van der Waals surface area contributed by atoms with Crippen molar-refractivity contribution in [1.29, 1.82) is 0 Å². The van der Waals surface area contributed by atoms with E-state index in [0.29, 0.717) is 0 Å². The van der Waals surface area contributed by atoms with Gasteiger partial charge in [-0.1, -0.05) is 0 Å². The lowest BCUT2D eigenvalue weighted by Crippen LogP contribution is -2.42. The zero-order valence-electron chi connectivity index (χ0n) is 20.9. The predicted molar refractivity (Wildman–Crippen MR) is 128 cm³/mol. The van der Waals surface area contributed by atoms with Crippen LogP contribution in [0.3, 0.4) is 0 Å². The number of nitrogens with two attached hydrogens (primary N) is 1. The van der Waals surface area contributed by atoms with Crippen molar-refractivity contribution in [2.24, 2.45) is 5.92 Å². The smallest absolute Gasteiger partial charge is 0.382 e. The van der Waals surface area contributed by atoms with Crippen LogP contribution in [0.1, 0.15) is 40.7 Å². The van der Waals surface area contributed by atoms with Crippen LogP contribution in [0, 0.1) is 18.7 Å². The Balaban J connectivity index is 1.41. The molecule has 214 valence electrons. The van der Waals surface area contributed by atoms with E-state index >= 15 is 0 Å². The molecule has 1 aromatic carbocycles. The van der Waals surface area contributed by atoms with Crippen molar-refractivity contribution in [3.8, 4) is 11.3 Å². The molecule has 2 aliphatic rings. The highest BCUT2D eigenvalue weighted by atomic mass is 19.4. The average Bonchev–Trinajstić information content (AvgIpc) is 3.54. The molecule has 2 amide bonds. The van der Waals surface area contributed by atoms with Gasteiger partial charge in [0.2, 0.25) is 11.8 Å². The summed E-state index contributed by atoms with van der Waals surface area (Å²) in [7, 11) is 0. The molecule has 40 heavy (non-hydrogen) atoms. The molecule has 3 aromatic rings. The number of fused-ring (bicyclic) bond motifs is 1. The number of carbonyl (C=O) groups is 2. The standard InChI is InChI=1S/C25H23F7N6O2/c1-11-4-16(26)14(5-13(11)19-6-15(25(30,31)32)20-21(33)34-10-35-38(19)20)22(39)36-18-9-37(8-17(18)27)23(40)12-2-3-24(28,29)7-12/h4-6,10,12,17-18H,2-3,7-9H2,1H3,(H,36,39)(H2,33,34,35)/t12?,17-,18+/m0/s1. The minimum atomic E-state index is -4.83. The molecule has 0 spiro atoms. The highest BCUT2D eigenvalue weighted by molar-refractivity contribution is 5.96. The first kappa shape index (κ1) is 27.6. The molecule has 1 unspecified atom stereocenters. The van der Waals surface area contributed by atoms with Crippen molar-refractivity contribution >= 4 is 23.1 Å². The Hall–Kier alpha value is -3.91. The molecule has 2 fully saturated rings. The topological polar surface area (TPSA) is 106 Å². The van der Waals surface area contributed by atoms with Gasteiger partial charge in [0.25, 0.3) is 5.91 Å². The number of carbonyl (C=O) groups excluding carboxylic acids is 2. The minimum Gasteiger partial charge on any atom is -0.382 e. The molecule has 1 aliphatic carbocycles. The maximum Gasteiger partial charge on any atom is 0.418 e. The first-order chi connectivity index (χ1) is 18.7. The van der Waals surface area contributed by atoms with Crippen molar-refractivity contribution in [3.63, 3.8) is 0 Å². The number of aromatic nitrogens is 3. The fourth-order valence-electron chi connectivity index (χ4n) is 5.34. The summed E-state index contributed by atoms with van der Waals surface area (Å²) in [4.78, 5) is 30.3. The van der Waals surface area contributed by atoms with Gasteiger partial charge in [0.05, 0.1) is 29.4 Å². The average molecular weight is 572 g/mol. The molecule has 15 heteroatoms. The number of anilines is 1. The summed E-state index contributed by atoms with van der Waals surface area (Å²) in [5.41, 5.74) is 3.50. The van der Waals surface area contributed by atoms with Gasteiger partial charge in [0.1, 0.15) is 23.8 Å². The van der Waals surface area contributed by atoms with Crippen molar-refractivity contribution < 1.29 is 40.3 Å². The number of rotatable bonds is 4. The van der Waals surface area contributed by atoms with E-state index in [0.717, 1.165) is 33.9 Å². The number of hydrogen-bond donors (Lipinski definition) is 2. The van der Waals surface area contributed by atoms with Gasteiger partial charge in [-0.05, 0) is 37.1 Å². The molecular weight excluding hydrogens is 549 g/mol. The second-order valence-electron chi connectivity index (χ2n) is 10.1. The van der Waals surface area contributed by atoms with E-state index in [9.17, 15) is 40.3 Å². The SMILES string of the molecule is Cc1cc(F)c(C(=O)N[C@@H]2CN(C(=O)C3CCC(F)(F)C3)C[C@@H]2F)cc1-c1cc(C(F)(F)F)c2c(N)ncnn12. The van der Waals surface area contributed by atoms with Crippen LogP contribution in [-0.4, -0.2) is 62.5 Å². The van der Waals surface area contributed by atoms with Gasteiger partial charge in [-0.2, -0.15) is 18.3 Å². The third kappa shape index (κ3) is 4.92. The number of nitrogens with zero attached hydrogens (tertiary/aromatic N) is 4. The van der Waals surface area contributed by atoms with Crippen LogP contribution in [-0.2, 0) is 11.0 Å². The Morgan fingerprint density at radius 2 is 1.90 bits per heavy atom. The Labute approximate surface area is 222 Å². The van der Waals surface area contributed by atoms with E-state index < -0.39 is 89.7 Å². The number of nitrogens with one attached hydrogen (secondary N) is 1. The van der Waals surface area contributed by atoms with Crippen LogP contribution in [0.5, 0.6) is 0 Å². The number of hydrogen-bond acceptors (Lipinski definition) is 5. The number of amides is 2. The minimum absolute atomic E-state index is 0.0253. The molecule has 3 atom stereocenters. The Kier molecular flexibility index (Phi) is 6.65. The lowest BCUT2D eigenvalue weighted by Gasteiger charge is -2.20. The van der Waals surface area contributed by atoms with Crippen LogP contribution < -0.4 is 11.1 Å². The fourth-order valence-corrected chi connectivity index (χ4v) is 5.34. The summed E-state index contributed by atoms with van der Waals surface area (Å²) in [6, 6.07) is 1.47. The molecule has 1 aliphatic heterocycles. The van der Waals surface area contributed by atoms with E-state index in [1.54, 1.807) is 0 Å². The summed E-state index contributed by atoms with van der Waals surface area (Å²) in [6.45, 7) is 0.690. The quantitative estimate of drug-likeness (QED) is 0.457. The number of likely N-dealkylation sites (tertiary alicyclic amines) is 1. The van der Waals surface area contributed by atoms with Crippen LogP contribution in [0.25, 0.3) is 16.8 Å². The number of nitrogen functional groups attached to an aromatic ring is 1. The van der Waals surface area contributed by atoms with Crippen molar-refractivity contribution in [2.75, 3.05) is 18.8 Å². The van der Waals surface area contributed by atoms with Crippen LogP contribution in [0.4, 0.5) is 36.6 Å². The van der Waals surface area contributed by atoms with Gasteiger partial charge in [0, 0.05) is 30.9 Å². The van der Waals surface area contributed by atoms with E-state index in [1.807, 2.05) is 0 Å². The summed E-state index contributed by atoms with van der Waals surface area (Å²) < 4.78 is 98.8. The molecule has 5 rings (SSSR count). The van der Waals surface area contributed by atoms with Gasteiger partial charge < -0.3 is 16.0 Å². The van der Waals surface area contributed by atoms with Gasteiger partial charge >= 0.3 is 6.18 Å². The first-order valence-corrected chi connectivity index (χ1v) is 12.3. The summed E-state index contributed by atoms with van der Waals surface area (Å²) in [6.07, 6.45) is -6.73. The third-order valence-electron chi connectivity index (χ3n) is 7.35. The molecule has 3 N–H and O–H groups in total. The van der Waals surface area contributed by atoms with Crippen LogP contribution >= 0.6 is 0 Å². The zero-order chi connectivity index (χ0) is 29.1. The number of aryl methyl sites for hydroxylation is 1. The lowest BCUT2D eigenvalue weighted by molar-refractivity contribution is -0.136. The normalized spacial score (nSPS) is 22.7. The van der Waals surface area contributed by atoms with Gasteiger partial charge in [-0.3, -0.25) is 9.59 Å². The highest BCUT2D eigenvalue weighted by Gasteiger charge is 2.46. The Morgan fingerprint density at radius 3 is 2.55 bits per heavy atom. The molecular formula is C25H23F7N6O2. The summed E-state index contributed by atoms with van der Waals surface area (Å²) >= 11 is 0. The molecule has 1 saturated carbocycles. The van der Waals surface area contributed by atoms with Crippen LogP contribution in [0.2, 0.25) is 0 Å². The summed E-state index contributed by atoms with van der Waals surface area (Å²) in [5.74, 6) is -7.08. The molecule has 3 heterocycles. The van der Waals surface area contributed by atoms with Crippen molar-refractivity contribution in [1.82, 2.24) is 24.8 Å². The van der Waals surface area contributed by atoms with Crippen LogP contribution in [0.15, 0.2) is 24.5 Å². The second-order valence-corrected chi connectivity index (χ2v) is 10.1. The monoisotopic (exact) mass is 572 g/mol. The molecule has 1 saturated heterocycles. The first-order valence-electron chi connectivity index (χ1n) is 12.3.